The molecule has 2 aromatic rings. The fourth-order valence-corrected chi connectivity index (χ4v) is 3.40. The summed E-state index contributed by atoms with van der Waals surface area (Å²) in [4.78, 5) is 13.5. The number of hydrogen-bond donors (Lipinski definition) is 1. The molecule has 0 saturated carbocycles. The summed E-state index contributed by atoms with van der Waals surface area (Å²) in [6, 6.07) is 16.1. The van der Waals surface area contributed by atoms with Crippen molar-refractivity contribution in [3.63, 3.8) is 0 Å². The highest BCUT2D eigenvalue weighted by Gasteiger charge is 2.20. The number of nitrogens with zero attached hydrogens (tertiary/aromatic N) is 1. The van der Waals surface area contributed by atoms with Gasteiger partial charge in [0.2, 0.25) is 0 Å². The van der Waals surface area contributed by atoms with E-state index in [2.05, 4.69) is 18.2 Å². The molecule has 0 amide bonds. The Labute approximate surface area is 166 Å². The number of aliphatic hydroxyl groups is 1. The summed E-state index contributed by atoms with van der Waals surface area (Å²) >= 11 is 0. The lowest BCUT2D eigenvalue weighted by atomic mass is 9.93. The van der Waals surface area contributed by atoms with Gasteiger partial charge in [-0.1, -0.05) is 42.5 Å². The number of benzene rings is 2. The van der Waals surface area contributed by atoms with Crippen molar-refractivity contribution in [2.24, 2.45) is 0 Å². The second-order valence-electron chi connectivity index (χ2n) is 6.93. The monoisotopic (exact) mass is 381 g/mol. The van der Waals surface area contributed by atoms with Gasteiger partial charge in [0.05, 0.1) is 19.1 Å². The van der Waals surface area contributed by atoms with Gasteiger partial charge < -0.3 is 19.5 Å². The second kappa shape index (κ2) is 9.53. The number of hydrogen-bond acceptors (Lipinski definition) is 5. The lowest BCUT2D eigenvalue weighted by Gasteiger charge is -2.23. The van der Waals surface area contributed by atoms with Crippen molar-refractivity contribution in [2.75, 3.05) is 26.7 Å². The lowest BCUT2D eigenvalue weighted by molar-refractivity contribution is -0.145. The number of carbonyl (C=O) groups excluding carboxylic acids is 1. The highest BCUT2D eigenvalue weighted by Crippen LogP contribution is 2.43. The molecule has 0 spiro atoms. The van der Waals surface area contributed by atoms with Crippen LogP contribution in [-0.2, 0) is 9.53 Å². The number of para-hydroxylation sites is 2. The molecule has 0 fully saturated rings. The Hall–Kier alpha value is -2.63. The third-order valence-corrected chi connectivity index (χ3v) is 4.66. The molecule has 5 heteroatoms. The molecule has 1 aliphatic rings. The number of esters is 1. The molecule has 1 unspecified atom stereocenters. The molecule has 0 aliphatic carbocycles. The standard InChI is InChI=1S/C23H27NO4/c1-3-27-23(26)15-17(25)16-24(2)14-8-11-18-19-9-4-6-12-21(19)28-22-13-7-5-10-20(18)22/h4-7,9-13,17,25H,3,8,14-16H2,1-2H3. The van der Waals surface area contributed by atoms with Crippen LogP contribution in [0.4, 0.5) is 0 Å². The molecule has 1 atom stereocenters. The normalized spacial score (nSPS) is 13.4. The molecule has 0 bridgehead atoms. The number of likely N-dealkylation sites (N-methyl/N-ethyl adjacent to an activating group) is 1. The van der Waals surface area contributed by atoms with Crippen LogP contribution in [0.25, 0.3) is 5.57 Å². The zero-order valence-corrected chi connectivity index (χ0v) is 16.4. The van der Waals surface area contributed by atoms with Gasteiger partial charge in [0.1, 0.15) is 11.5 Å². The molecule has 1 aliphatic heterocycles. The third-order valence-electron chi connectivity index (χ3n) is 4.66. The summed E-state index contributed by atoms with van der Waals surface area (Å²) in [5, 5.41) is 10.1. The summed E-state index contributed by atoms with van der Waals surface area (Å²) in [6.07, 6.45) is 2.34. The van der Waals surface area contributed by atoms with Gasteiger partial charge in [-0.15, -0.1) is 0 Å². The Balaban J connectivity index is 1.64. The maximum atomic E-state index is 11.5. The number of rotatable bonds is 8. The zero-order valence-electron chi connectivity index (χ0n) is 16.4. The molecule has 1 N–H and O–H groups in total. The van der Waals surface area contributed by atoms with E-state index >= 15 is 0 Å². The maximum absolute atomic E-state index is 11.5. The van der Waals surface area contributed by atoms with Crippen molar-refractivity contribution in [1.29, 1.82) is 0 Å². The topological polar surface area (TPSA) is 59.0 Å². The Bertz CT molecular complexity index is 799. The van der Waals surface area contributed by atoms with Gasteiger partial charge in [0.25, 0.3) is 0 Å². The molecular weight excluding hydrogens is 354 g/mol. The fourth-order valence-electron chi connectivity index (χ4n) is 3.40. The second-order valence-corrected chi connectivity index (χ2v) is 6.93. The number of ether oxygens (including phenoxy) is 2. The van der Waals surface area contributed by atoms with Crippen molar-refractivity contribution in [3.05, 3.63) is 65.7 Å². The Morgan fingerprint density at radius 2 is 1.75 bits per heavy atom. The largest absolute Gasteiger partial charge is 0.466 e. The van der Waals surface area contributed by atoms with E-state index in [1.807, 2.05) is 48.3 Å². The zero-order chi connectivity index (χ0) is 19.9. The molecule has 2 aromatic carbocycles. The van der Waals surface area contributed by atoms with Gasteiger partial charge in [-0.2, -0.15) is 0 Å². The number of fused-ring (bicyclic) bond motifs is 2. The third kappa shape index (κ3) is 5.00. The molecule has 5 nitrogen and oxygen atoms in total. The molecule has 28 heavy (non-hydrogen) atoms. The first-order chi connectivity index (χ1) is 13.6. The van der Waals surface area contributed by atoms with E-state index < -0.39 is 6.10 Å². The SMILES string of the molecule is CCOC(=O)CC(O)CN(C)CCC=C1c2ccccc2Oc2ccccc21. The highest BCUT2D eigenvalue weighted by molar-refractivity contribution is 5.87. The number of aliphatic hydroxyl groups excluding tert-OH is 1. The van der Waals surface area contributed by atoms with Crippen molar-refractivity contribution >= 4 is 11.5 Å². The Morgan fingerprint density at radius 1 is 1.14 bits per heavy atom. The van der Waals surface area contributed by atoms with Gasteiger partial charge in [-0.05, 0) is 38.1 Å². The highest BCUT2D eigenvalue weighted by atomic mass is 16.5. The summed E-state index contributed by atoms with van der Waals surface area (Å²) < 4.78 is 10.9. The summed E-state index contributed by atoms with van der Waals surface area (Å²) in [5.74, 6) is 1.37. The minimum atomic E-state index is -0.721. The average Bonchev–Trinajstić information content (AvgIpc) is 2.67. The average molecular weight is 381 g/mol. The van der Waals surface area contributed by atoms with Crippen LogP contribution in [0, 0.1) is 0 Å². The first-order valence-electron chi connectivity index (χ1n) is 9.67. The van der Waals surface area contributed by atoms with E-state index in [4.69, 9.17) is 9.47 Å². The predicted octanol–water partition coefficient (Wildman–Crippen LogP) is 3.86. The van der Waals surface area contributed by atoms with Crippen LogP contribution in [0.2, 0.25) is 0 Å². The molecule has 0 aromatic heterocycles. The van der Waals surface area contributed by atoms with E-state index in [9.17, 15) is 9.90 Å². The van der Waals surface area contributed by atoms with Crippen molar-refractivity contribution in [1.82, 2.24) is 4.90 Å². The van der Waals surface area contributed by atoms with E-state index in [1.165, 1.54) is 0 Å². The van der Waals surface area contributed by atoms with Crippen LogP contribution in [-0.4, -0.2) is 48.8 Å². The minimum Gasteiger partial charge on any atom is -0.466 e. The molecule has 0 radical (unpaired) electrons. The molecule has 3 rings (SSSR count). The maximum Gasteiger partial charge on any atom is 0.308 e. The van der Waals surface area contributed by atoms with E-state index in [0.717, 1.165) is 41.2 Å². The quantitative estimate of drug-likeness (QED) is 0.601. The van der Waals surface area contributed by atoms with Crippen LogP contribution in [0.3, 0.4) is 0 Å². The first-order valence-corrected chi connectivity index (χ1v) is 9.67. The van der Waals surface area contributed by atoms with Crippen LogP contribution in [0.15, 0.2) is 54.6 Å². The molecule has 0 saturated heterocycles. The van der Waals surface area contributed by atoms with E-state index in [-0.39, 0.29) is 12.4 Å². The predicted molar refractivity (Wildman–Crippen MR) is 109 cm³/mol. The van der Waals surface area contributed by atoms with E-state index in [0.29, 0.717) is 13.2 Å². The summed E-state index contributed by atoms with van der Waals surface area (Å²) in [7, 11) is 1.94. The minimum absolute atomic E-state index is 0.0252. The first kappa shape index (κ1) is 20.1. The molecule has 148 valence electrons. The van der Waals surface area contributed by atoms with Crippen molar-refractivity contribution < 1.29 is 19.4 Å². The van der Waals surface area contributed by atoms with Crippen molar-refractivity contribution in [3.8, 4) is 11.5 Å². The summed E-state index contributed by atoms with van der Waals surface area (Å²) in [5.41, 5.74) is 3.34. The Kier molecular flexibility index (Phi) is 6.85. The lowest BCUT2D eigenvalue weighted by Crippen LogP contribution is -2.31. The fraction of sp³-hybridized carbons (Fsp3) is 0.348. The van der Waals surface area contributed by atoms with Gasteiger partial charge in [-0.25, -0.2) is 0 Å². The van der Waals surface area contributed by atoms with Crippen LogP contribution in [0.1, 0.15) is 30.9 Å². The van der Waals surface area contributed by atoms with Crippen LogP contribution >= 0.6 is 0 Å². The van der Waals surface area contributed by atoms with Gasteiger partial charge in [0, 0.05) is 24.2 Å². The molecular formula is C23H27NO4. The van der Waals surface area contributed by atoms with Crippen LogP contribution < -0.4 is 4.74 Å². The van der Waals surface area contributed by atoms with E-state index in [1.54, 1.807) is 6.92 Å². The molecule has 1 heterocycles. The number of carbonyl (C=O) groups is 1. The van der Waals surface area contributed by atoms with Gasteiger partial charge >= 0.3 is 5.97 Å². The van der Waals surface area contributed by atoms with Crippen molar-refractivity contribution in [2.45, 2.75) is 25.9 Å². The van der Waals surface area contributed by atoms with Crippen LogP contribution in [0.5, 0.6) is 11.5 Å². The van der Waals surface area contributed by atoms with Gasteiger partial charge in [-0.3, -0.25) is 4.79 Å². The summed E-state index contributed by atoms with van der Waals surface area (Å²) in [6.45, 7) is 3.30. The smallest absolute Gasteiger partial charge is 0.308 e. The Morgan fingerprint density at radius 3 is 2.36 bits per heavy atom. The van der Waals surface area contributed by atoms with Gasteiger partial charge in [0.15, 0.2) is 0 Å².